The summed E-state index contributed by atoms with van der Waals surface area (Å²) in [6.45, 7) is 1.47. The Bertz CT molecular complexity index is 966. The van der Waals surface area contributed by atoms with Crippen molar-refractivity contribution in [1.29, 1.82) is 0 Å². The lowest BCUT2D eigenvalue weighted by molar-refractivity contribution is -0.275. The number of amides is 1. The van der Waals surface area contributed by atoms with E-state index in [0.29, 0.717) is 23.7 Å². The Morgan fingerprint density at radius 1 is 1.37 bits per heavy atom. The van der Waals surface area contributed by atoms with Crippen LogP contribution < -0.4 is 21.0 Å². The Balaban J connectivity index is 2.33. The maximum absolute atomic E-state index is 14.0. The van der Waals surface area contributed by atoms with Crippen molar-refractivity contribution < 1.29 is 32.2 Å². The number of hydrogen-bond acceptors (Lipinski definition) is 7. The molecule has 0 aliphatic carbocycles. The number of hydrogen-bond donors (Lipinski definition) is 3. The molecule has 0 bridgehead atoms. The Morgan fingerprint density at radius 3 is 2.57 bits per heavy atom. The zero-order chi connectivity index (χ0) is 22.6. The summed E-state index contributed by atoms with van der Waals surface area (Å²) in [5.74, 6) is 2.44. The standard InChI is InChI=1S/C17H19F4N5O4/c1-3-25(2)16-23-11(7-14(28)24-16)15(29)26(22)12(8-27)9-4-5-13(10(18)6-9)30-17(19,20)21/h4-7,12,27H,3,8,22H2,1-2H3,(H,23,24,28). The smallest absolute Gasteiger partial charge is 0.403 e. The Labute approximate surface area is 167 Å². The van der Waals surface area contributed by atoms with Crippen molar-refractivity contribution in [1.82, 2.24) is 15.0 Å². The van der Waals surface area contributed by atoms with Crippen LogP contribution in [-0.2, 0) is 0 Å². The molecular weight excluding hydrogens is 414 g/mol. The molecule has 1 atom stereocenters. The van der Waals surface area contributed by atoms with Crippen molar-refractivity contribution in [3.05, 3.63) is 51.7 Å². The number of ether oxygens (including phenoxy) is 1. The monoisotopic (exact) mass is 433 g/mol. The van der Waals surface area contributed by atoms with Crippen molar-refractivity contribution in [2.24, 2.45) is 5.84 Å². The molecule has 164 valence electrons. The van der Waals surface area contributed by atoms with E-state index < -0.39 is 42.0 Å². The second-order valence-corrected chi connectivity index (χ2v) is 6.12. The molecule has 30 heavy (non-hydrogen) atoms. The van der Waals surface area contributed by atoms with E-state index in [0.717, 1.165) is 12.1 Å². The molecule has 1 aromatic carbocycles. The van der Waals surface area contributed by atoms with Gasteiger partial charge in [-0.25, -0.2) is 15.2 Å². The minimum atomic E-state index is -5.09. The highest BCUT2D eigenvalue weighted by atomic mass is 19.4. The summed E-state index contributed by atoms with van der Waals surface area (Å²) in [5.41, 5.74) is -1.07. The number of carbonyl (C=O) groups is 1. The molecule has 0 aliphatic heterocycles. The van der Waals surface area contributed by atoms with Crippen LogP contribution in [0.15, 0.2) is 29.1 Å². The number of halogens is 4. The van der Waals surface area contributed by atoms with Crippen LogP contribution >= 0.6 is 0 Å². The van der Waals surface area contributed by atoms with E-state index in [1.54, 1.807) is 18.9 Å². The summed E-state index contributed by atoms with van der Waals surface area (Å²) in [6.07, 6.45) is -5.09. The van der Waals surface area contributed by atoms with Crippen LogP contribution in [-0.4, -0.2) is 52.6 Å². The van der Waals surface area contributed by atoms with E-state index in [9.17, 15) is 32.3 Å². The number of rotatable bonds is 7. The normalized spacial score (nSPS) is 12.4. The summed E-state index contributed by atoms with van der Waals surface area (Å²) in [4.78, 5) is 32.5. The largest absolute Gasteiger partial charge is 0.573 e. The highest BCUT2D eigenvalue weighted by molar-refractivity contribution is 5.92. The number of nitrogens with two attached hydrogens (primary N) is 1. The van der Waals surface area contributed by atoms with E-state index in [4.69, 9.17) is 5.84 Å². The SMILES string of the molecule is CCN(C)c1nc(C(=O)N(N)C(CO)c2ccc(OC(F)(F)F)c(F)c2)cc(=O)[nH]1. The minimum Gasteiger partial charge on any atom is -0.403 e. The van der Waals surface area contributed by atoms with E-state index in [2.05, 4.69) is 14.7 Å². The van der Waals surface area contributed by atoms with Gasteiger partial charge in [0.15, 0.2) is 11.6 Å². The third kappa shape index (κ3) is 5.45. The number of aliphatic hydroxyl groups excluding tert-OH is 1. The first-order chi connectivity index (χ1) is 14.0. The van der Waals surface area contributed by atoms with Gasteiger partial charge in [0.2, 0.25) is 5.95 Å². The van der Waals surface area contributed by atoms with Crippen molar-refractivity contribution in [2.45, 2.75) is 19.3 Å². The number of aliphatic hydroxyl groups is 1. The highest BCUT2D eigenvalue weighted by Crippen LogP contribution is 2.29. The van der Waals surface area contributed by atoms with Crippen molar-refractivity contribution >= 4 is 11.9 Å². The predicted octanol–water partition coefficient (Wildman–Crippen LogP) is 1.31. The summed E-state index contributed by atoms with van der Waals surface area (Å²) >= 11 is 0. The number of H-pyrrole nitrogens is 1. The van der Waals surface area contributed by atoms with Crippen LogP contribution in [0.5, 0.6) is 5.75 Å². The van der Waals surface area contributed by atoms with Gasteiger partial charge in [-0.2, -0.15) is 0 Å². The molecule has 13 heteroatoms. The van der Waals surface area contributed by atoms with Crippen molar-refractivity contribution in [2.75, 3.05) is 25.1 Å². The van der Waals surface area contributed by atoms with Gasteiger partial charge in [-0.15, -0.1) is 13.2 Å². The second-order valence-electron chi connectivity index (χ2n) is 6.12. The number of carbonyl (C=O) groups excluding carboxylic acids is 1. The van der Waals surface area contributed by atoms with Gasteiger partial charge in [0.25, 0.3) is 11.5 Å². The Hall–Kier alpha value is -3.19. The van der Waals surface area contributed by atoms with Crippen LogP contribution in [0.1, 0.15) is 29.0 Å². The quantitative estimate of drug-likeness (QED) is 0.260. The van der Waals surface area contributed by atoms with Gasteiger partial charge >= 0.3 is 6.36 Å². The fraction of sp³-hybridized carbons (Fsp3) is 0.353. The molecule has 1 heterocycles. The molecule has 2 rings (SSSR count). The first-order valence-corrected chi connectivity index (χ1v) is 8.53. The second kappa shape index (κ2) is 9.09. The first kappa shape index (κ1) is 23.1. The van der Waals surface area contributed by atoms with Gasteiger partial charge in [-0.05, 0) is 24.6 Å². The topological polar surface area (TPSA) is 125 Å². The molecule has 0 aliphatic rings. The zero-order valence-corrected chi connectivity index (χ0v) is 15.9. The molecule has 0 spiro atoms. The summed E-state index contributed by atoms with van der Waals surface area (Å²) in [7, 11) is 1.62. The number of aromatic amines is 1. The highest BCUT2D eigenvalue weighted by Gasteiger charge is 2.33. The molecule has 4 N–H and O–H groups in total. The molecule has 1 unspecified atom stereocenters. The molecular formula is C17H19F4N5O4. The fourth-order valence-electron chi connectivity index (χ4n) is 2.44. The van der Waals surface area contributed by atoms with Crippen LogP contribution in [0.4, 0.5) is 23.5 Å². The summed E-state index contributed by atoms with van der Waals surface area (Å²) < 4.78 is 54.3. The number of benzene rings is 1. The van der Waals surface area contributed by atoms with E-state index in [1.165, 1.54) is 0 Å². The Morgan fingerprint density at radius 2 is 2.03 bits per heavy atom. The molecule has 0 fully saturated rings. The van der Waals surface area contributed by atoms with Crippen LogP contribution in [0.25, 0.3) is 0 Å². The van der Waals surface area contributed by atoms with Gasteiger partial charge in [0.05, 0.1) is 12.6 Å². The minimum absolute atomic E-state index is 0.0991. The van der Waals surface area contributed by atoms with Gasteiger partial charge in [-0.1, -0.05) is 6.07 Å². The van der Waals surface area contributed by atoms with E-state index in [-0.39, 0.29) is 17.2 Å². The summed E-state index contributed by atoms with van der Waals surface area (Å²) in [6, 6.07) is 1.92. The fourth-order valence-corrected chi connectivity index (χ4v) is 2.44. The third-order valence-corrected chi connectivity index (χ3v) is 4.09. The molecule has 1 aromatic heterocycles. The number of nitrogens with zero attached hydrogens (tertiary/aromatic N) is 3. The Kier molecular flexibility index (Phi) is 7.00. The van der Waals surface area contributed by atoms with Gasteiger partial charge < -0.3 is 14.7 Å². The number of anilines is 1. The number of hydrazine groups is 1. The maximum atomic E-state index is 14.0. The number of alkyl halides is 3. The van der Waals surface area contributed by atoms with Crippen LogP contribution in [0.2, 0.25) is 0 Å². The molecule has 0 saturated heterocycles. The molecule has 1 amide bonds. The van der Waals surface area contributed by atoms with Gasteiger partial charge in [-0.3, -0.25) is 19.6 Å². The molecule has 9 nitrogen and oxygen atoms in total. The lowest BCUT2D eigenvalue weighted by atomic mass is 10.1. The predicted molar refractivity (Wildman–Crippen MR) is 97.1 cm³/mol. The van der Waals surface area contributed by atoms with E-state index in [1.807, 2.05) is 0 Å². The summed E-state index contributed by atoms with van der Waals surface area (Å²) in [5, 5.41) is 10.1. The van der Waals surface area contributed by atoms with Gasteiger partial charge in [0.1, 0.15) is 5.69 Å². The molecule has 2 aromatic rings. The molecule has 0 radical (unpaired) electrons. The molecule has 0 saturated carbocycles. The van der Waals surface area contributed by atoms with Crippen molar-refractivity contribution in [3.63, 3.8) is 0 Å². The number of aromatic nitrogens is 2. The number of nitrogens with one attached hydrogen (secondary N) is 1. The maximum Gasteiger partial charge on any atom is 0.573 e. The van der Waals surface area contributed by atoms with E-state index >= 15 is 0 Å². The van der Waals surface area contributed by atoms with Crippen LogP contribution in [0.3, 0.4) is 0 Å². The lowest BCUT2D eigenvalue weighted by Gasteiger charge is -2.26. The van der Waals surface area contributed by atoms with Crippen molar-refractivity contribution in [3.8, 4) is 5.75 Å². The zero-order valence-electron chi connectivity index (χ0n) is 15.9. The first-order valence-electron chi connectivity index (χ1n) is 8.53. The van der Waals surface area contributed by atoms with Crippen LogP contribution in [0, 0.1) is 5.82 Å². The third-order valence-electron chi connectivity index (χ3n) is 4.09. The average molecular weight is 433 g/mol. The van der Waals surface area contributed by atoms with Gasteiger partial charge in [0, 0.05) is 19.7 Å². The lowest BCUT2D eigenvalue weighted by Crippen LogP contribution is -2.43. The average Bonchev–Trinajstić information content (AvgIpc) is 2.67.